The fraction of sp³-hybridized carbons (Fsp3) is 0. The van der Waals surface area contributed by atoms with Crippen molar-refractivity contribution in [1.82, 2.24) is 4.98 Å². The molecule has 0 radical (unpaired) electrons. The second-order valence-electron chi connectivity index (χ2n) is 4.45. The molecule has 0 saturated carbocycles. The van der Waals surface area contributed by atoms with Crippen molar-refractivity contribution < 1.29 is 4.79 Å². The highest BCUT2D eigenvalue weighted by Crippen LogP contribution is 2.30. The van der Waals surface area contributed by atoms with Crippen LogP contribution in [0.3, 0.4) is 0 Å². The van der Waals surface area contributed by atoms with Gasteiger partial charge in [-0.3, -0.25) is 10.1 Å². The zero-order chi connectivity index (χ0) is 15.5. The van der Waals surface area contributed by atoms with Gasteiger partial charge in [0.2, 0.25) is 0 Å². The molecule has 1 N–H and O–H groups in total. The van der Waals surface area contributed by atoms with Crippen LogP contribution < -0.4 is 5.32 Å². The number of carbonyl (C=O) groups is 1. The Bertz CT molecular complexity index is 834. The first kappa shape index (κ1) is 15.2. The van der Waals surface area contributed by atoms with Gasteiger partial charge in [0.15, 0.2) is 5.13 Å². The summed E-state index contributed by atoms with van der Waals surface area (Å²) in [6, 6.07) is 14.7. The van der Waals surface area contributed by atoms with Crippen LogP contribution >= 0.6 is 38.9 Å². The van der Waals surface area contributed by atoms with Crippen LogP contribution in [-0.4, -0.2) is 10.9 Å². The lowest BCUT2D eigenvalue weighted by Crippen LogP contribution is -2.12. The summed E-state index contributed by atoms with van der Waals surface area (Å²) in [5.74, 6) is -0.201. The molecule has 0 saturated heterocycles. The average molecular weight is 394 g/mol. The van der Waals surface area contributed by atoms with Gasteiger partial charge in [-0.1, -0.05) is 41.9 Å². The Labute approximate surface area is 145 Å². The summed E-state index contributed by atoms with van der Waals surface area (Å²) in [5, 5.41) is 5.85. The highest BCUT2D eigenvalue weighted by molar-refractivity contribution is 9.10. The van der Waals surface area contributed by atoms with E-state index in [1.165, 1.54) is 11.3 Å². The van der Waals surface area contributed by atoms with E-state index in [4.69, 9.17) is 11.6 Å². The second kappa shape index (κ2) is 6.60. The van der Waals surface area contributed by atoms with Gasteiger partial charge in [0, 0.05) is 20.4 Å². The Kier molecular flexibility index (Phi) is 4.57. The summed E-state index contributed by atoms with van der Waals surface area (Å²) < 4.78 is 0.746. The Morgan fingerprint density at radius 2 is 1.86 bits per heavy atom. The number of thiazole rings is 1. The van der Waals surface area contributed by atoms with Crippen molar-refractivity contribution >= 4 is 49.9 Å². The second-order valence-corrected chi connectivity index (χ2v) is 6.57. The topological polar surface area (TPSA) is 42.0 Å². The summed E-state index contributed by atoms with van der Waals surface area (Å²) in [5.41, 5.74) is 2.16. The number of halogens is 2. The third-order valence-electron chi connectivity index (χ3n) is 2.99. The van der Waals surface area contributed by atoms with E-state index in [-0.39, 0.29) is 5.91 Å². The maximum Gasteiger partial charge on any atom is 0.258 e. The normalized spacial score (nSPS) is 10.5. The fourth-order valence-electron chi connectivity index (χ4n) is 1.93. The lowest BCUT2D eigenvalue weighted by atomic mass is 10.2. The van der Waals surface area contributed by atoms with E-state index >= 15 is 0 Å². The van der Waals surface area contributed by atoms with Crippen LogP contribution in [-0.2, 0) is 0 Å². The molecule has 110 valence electrons. The number of aromatic nitrogens is 1. The van der Waals surface area contributed by atoms with Crippen LogP contribution in [0.25, 0.3) is 11.3 Å². The Morgan fingerprint density at radius 3 is 2.64 bits per heavy atom. The van der Waals surface area contributed by atoms with Gasteiger partial charge in [0.1, 0.15) is 0 Å². The molecule has 0 atom stereocenters. The molecule has 1 aromatic heterocycles. The molecule has 0 aliphatic carbocycles. The zero-order valence-corrected chi connectivity index (χ0v) is 14.4. The molecule has 0 aliphatic rings. The Morgan fingerprint density at radius 1 is 1.14 bits per heavy atom. The Balaban J connectivity index is 1.82. The van der Waals surface area contributed by atoms with Crippen LogP contribution in [0, 0.1) is 0 Å². The van der Waals surface area contributed by atoms with E-state index < -0.39 is 0 Å². The van der Waals surface area contributed by atoms with Gasteiger partial charge in [-0.05, 0) is 34.1 Å². The molecule has 3 aromatic rings. The van der Waals surface area contributed by atoms with E-state index in [0.717, 1.165) is 15.7 Å². The van der Waals surface area contributed by atoms with E-state index in [9.17, 15) is 4.79 Å². The third kappa shape index (κ3) is 3.21. The van der Waals surface area contributed by atoms with Crippen molar-refractivity contribution in [3.8, 4) is 11.3 Å². The van der Waals surface area contributed by atoms with E-state index in [2.05, 4.69) is 26.2 Å². The summed E-state index contributed by atoms with van der Waals surface area (Å²) in [4.78, 5) is 16.7. The lowest BCUT2D eigenvalue weighted by Gasteiger charge is -2.03. The van der Waals surface area contributed by atoms with Crippen molar-refractivity contribution in [3.63, 3.8) is 0 Å². The number of rotatable bonds is 3. The van der Waals surface area contributed by atoms with Crippen molar-refractivity contribution in [1.29, 1.82) is 0 Å². The SMILES string of the molecule is O=C(Nc1nc(-c2ccccc2Cl)cs1)c1ccccc1Br. The molecule has 0 spiro atoms. The average Bonchev–Trinajstić information content (AvgIpc) is 2.96. The van der Waals surface area contributed by atoms with Crippen molar-refractivity contribution in [2.45, 2.75) is 0 Å². The summed E-state index contributed by atoms with van der Waals surface area (Å²) >= 11 is 10.9. The minimum absolute atomic E-state index is 0.201. The van der Waals surface area contributed by atoms with Crippen LogP contribution in [0.2, 0.25) is 5.02 Å². The minimum atomic E-state index is -0.201. The predicted octanol–water partition coefficient (Wildman–Crippen LogP) is 5.48. The van der Waals surface area contributed by atoms with Crippen LogP contribution in [0.15, 0.2) is 58.4 Å². The maximum atomic E-state index is 12.2. The Hall–Kier alpha value is -1.69. The van der Waals surface area contributed by atoms with Gasteiger partial charge in [0.25, 0.3) is 5.91 Å². The van der Waals surface area contributed by atoms with Crippen LogP contribution in [0.5, 0.6) is 0 Å². The molecule has 0 aliphatic heterocycles. The molecular weight excluding hydrogens is 384 g/mol. The highest BCUT2D eigenvalue weighted by atomic mass is 79.9. The molecule has 6 heteroatoms. The van der Waals surface area contributed by atoms with Gasteiger partial charge in [-0.15, -0.1) is 11.3 Å². The van der Waals surface area contributed by atoms with Crippen LogP contribution in [0.4, 0.5) is 5.13 Å². The number of amides is 1. The summed E-state index contributed by atoms with van der Waals surface area (Å²) in [6.45, 7) is 0. The quantitative estimate of drug-likeness (QED) is 0.640. The zero-order valence-electron chi connectivity index (χ0n) is 11.2. The number of nitrogens with one attached hydrogen (secondary N) is 1. The highest BCUT2D eigenvalue weighted by Gasteiger charge is 2.13. The molecule has 1 amide bonds. The van der Waals surface area contributed by atoms with Gasteiger partial charge >= 0.3 is 0 Å². The molecule has 0 unspecified atom stereocenters. The molecule has 3 nitrogen and oxygen atoms in total. The van der Waals surface area contributed by atoms with E-state index in [1.807, 2.05) is 47.8 Å². The number of hydrogen-bond donors (Lipinski definition) is 1. The van der Waals surface area contributed by atoms with Gasteiger partial charge in [0.05, 0.1) is 11.3 Å². The first-order chi connectivity index (χ1) is 10.6. The lowest BCUT2D eigenvalue weighted by molar-refractivity contribution is 0.102. The summed E-state index contributed by atoms with van der Waals surface area (Å²) in [7, 11) is 0. The molecule has 1 heterocycles. The van der Waals surface area contributed by atoms with Gasteiger partial charge in [-0.25, -0.2) is 4.98 Å². The van der Waals surface area contributed by atoms with E-state index in [0.29, 0.717) is 15.7 Å². The number of nitrogens with zero attached hydrogens (tertiary/aromatic N) is 1. The van der Waals surface area contributed by atoms with Gasteiger partial charge < -0.3 is 0 Å². The number of hydrogen-bond acceptors (Lipinski definition) is 3. The smallest absolute Gasteiger partial charge is 0.258 e. The van der Waals surface area contributed by atoms with E-state index in [1.54, 1.807) is 6.07 Å². The first-order valence-electron chi connectivity index (χ1n) is 6.41. The monoisotopic (exact) mass is 392 g/mol. The predicted molar refractivity (Wildman–Crippen MR) is 94.7 cm³/mol. The standard InChI is InChI=1S/C16H10BrClN2OS/c17-12-7-3-1-5-10(12)15(21)20-16-19-14(9-22-16)11-6-2-4-8-13(11)18/h1-9H,(H,19,20,21). The molecule has 22 heavy (non-hydrogen) atoms. The number of anilines is 1. The van der Waals surface area contributed by atoms with Crippen molar-refractivity contribution in [2.75, 3.05) is 5.32 Å². The first-order valence-corrected chi connectivity index (χ1v) is 8.46. The fourth-order valence-corrected chi connectivity index (χ4v) is 3.34. The van der Waals surface area contributed by atoms with Crippen molar-refractivity contribution in [3.05, 3.63) is 69.0 Å². The molecule has 2 aromatic carbocycles. The molecule has 3 rings (SSSR count). The van der Waals surface area contributed by atoms with Crippen molar-refractivity contribution in [2.24, 2.45) is 0 Å². The number of benzene rings is 2. The maximum absolute atomic E-state index is 12.2. The molecule has 0 bridgehead atoms. The van der Waals surface area contributed by atoms with Crippen LogP contribution in [0.1, 0.15) is 10.4 Å². The third-order valence-corrected chi connectivity index (χ3v) is 4.77. The summed E-state index contributed by atoms with van der Waals surface area (Å²) in [6.07, 6.45) is 0. The van der Waals surface area contributed by atoms with Gasteiger partial charge in [-0.2, -0.15) is 0 Å². The molecular formula is C16H10BrClN2OS. The minimum Gasteiger partial charge on any atom is -0.298 e. The molecule has 0 fully saturated rings. The number of carbonyl (C=O) groups excluding carboxylic acids is 1. The largest absolute Gasteiger partial charge is 0.298 e.